The van der Waals surface area contributed by atoms with Crippen molar-refractivity contribution in [2.75, 3.05) is 24.9 Å². The molecule has 1 atom stereocenters. The van der Waals surface area contributed by atoms with Crippen LogP contribution in [0.5, 0.6) is 11.5 Å². The second-order valence-electron chi connectivity index (χ2n) is 9.57. The van der Waals surface area contributed by atoms with Crippen LogP contribution in [0.3, 0.4) is 0 Å². The fourth-order valence-electron chi connectivity index (χ4n) is 4.26. The van der Waals surface area contributed by atoms with Crippen molar-refractivity contribution in [2.24, 2.45) is 0 Å². The van der Waals surface area contributed by atoms with E-state index in [0.29, 0.717) is 50.5 Å². The van der Waals surface area contributed by atoms with E-state index in [-0.39, 0.29) is 11.6 Å². The summed E-state index contributed by atoms with van der Waals surface area (Å²) in [6.45, 7) is 1.91. The first-order chi connectivity index (χ1) is 21.7. The second kappa shape index (κ2) is 16.0. The van der Waals surface area contributed by atoms with Crippen LogP contribution in [-0.4, -0.2) is 37.2 Å². The lowest BCUT2D eigenvalue weighted by atomic mass is 10.1. The van der Waals surface area contributed by atoms with Gasteiger partial charge in [-0.1, -0.05) is 66.5 Å². The van der Waals surface area contributed by atoms with Crippen LogP contribution in [0.1, 0.15) is 29.3 Å². The molecule has 0 aliphatic rings. The Morgan fingerprint density at radius 1 is 0.867 bits per heavy atom. The predicted octanol–water partition coefficient (Wildman–Crippen LogP) is 7.93. The number of nitrogens with one attached hydrogen (secondary N) is 3. The molecule has 0 spiro atoms. The second-order valence-corrected chi connectivity index (χ2v) is 11.7. The van der Waals surface area contributed by atoms with Crippen LogP contribution < -0.4 is 25.4 Å². The zero-order valence-corrected chi connectivity index (χ0v) is 27.1. The molecule has 0 aliphatic heterocycles. The average molecular weight is 665 g/mol. The molecule has 4 rings (SSSR count). The van der Waals surface area contributed by atoms with Crippen LogP contribution in [0.2, 0.25) is 10.0 Å². The Morgan fingerprint density at radius 3 is 2.31 bits per heavy atom. The van der Waals surface area contributed by atoms with Gasteiger partial charge in [-0.15, -0.1) is 11.8 Å². The van der Waals surface area contributed by atoms with Gasteiger partial charge in [0.05, 0.1) is 30.2 Å². The van der Waals surface area contributed by atoms with Crippen molar-refractivity contribution in [3.63, 3.8) is 0 Å². The zero-order valence-electron chi connectivity index (χ0n) is 24.7. The van der Waals surface area contributed by atoms with Crippen LogP contribution in [0, 0.1) is 0 Å². The molecule has 45 heavy (non-hydrogen) atoms. The number of benzene rings is 4. The van der Waals surface area contributed by atoms with Crippen molar-refractivity contribution >= 4 is 70.1 Å². The van der Waals surface area contributed by atoms with E-state index >= 15 is 0 Å². The van der Waals surface area contributed by atoms with E-state index in [1.807, 2.05) is 13.0 Å². The lowest BCUT2D eigenvalue weighted by molar-refractivity contribution is -0.116. The summed E-state index contributed by atoms with van der Waals surface area (Å²) in [5, 5.41) is 8.82. The topological polar surface area (TPSA) is 106 Å². The molecule has 0 heterocycles. The number of carbonyl (C=O) groups excluding carboxylic acids is 3. The van der Waals surface area contributed by atoms with E-state index in [1.54, 1.807) is 84.9 Å². The maximum Gasteiger partial charge on any atom is 0.272 e. The van der Waals surface area contributed by atoms with Gasteiger partial charge in [-0.05, 0) is 67.1 Å². The van der Waals surface area contributed by atoms with E-state index in [2.05, 4.69) is 16.0 Å². The highest BCUT2D eigenvalue weighted by atomic mass is 35.5. The van der Waals surface area contributed by atoms with E-state index < -0.39 is 17.1 Å². The zero-order chi connectivity index (χ0) is 32.3. The minimum Gasteiger partial charge on any atom is -0.493 e. The van der Waals surface area contributed by atoms with Crippen LogP contribution in [0.4, 0.5) is 11.4 Å². The highest BCUT2D eigenvalue weighted by Crippen LogP contribution is 2.33. The molecule has 1 unspecified atom stereocenters. The largest absolute Gasteiger partial charge is 0.493 e. The Hall–Kier alpha value is -4.44. The Labute approximate surface area is 276 Å². The summed E-state index contributed by atoms with van der Waals surface area (Å²) in [5.74, 6) is -0.365. The van der Waals surface area contributed by atoms with Crippen LogP contribution in [0.25, 0.3) is 6.08 Å². The molecule has 0 radical (unpaired) electrons. The number of rotatable bonds is 12. The SMILES string of the molecule is CCC(Sc1cccc(NC(=O)/C(=C\c2cccc(OC)c2OC)NC(=O)c2ccccc2)c1)C(=O)Nc1ccc(Cl)cc1Cl. The van der Waals surface area contributed by atoms with Gasteiger partial charge in [-0.3, -0.25) is 14.4 Å². The van der Waals surface area contributed by atoms with Gasteiger partial charge in [-0.2, -0.15) is 0 Å². The normalized spacial score (nSPS) is 11.7. The number of methoxy groups -OCH3 is 2. The fraction of sp³-hybridized carbons (Fsp3) is 0.147. The van der Waals surface area contributed by atoms with Crippen molar-refractivity contribution in [1.29, 1.82) is 0 Å². The predicted molar refractivity (Wildman–Crippen MR) is 182 cm³/mol. The van der Waals surface area contributed by atoms with Gasteiger partial charge in [0.1, 0.15) is 5.70 Å². The third-order valence-electron chi connectivity index (χ3n) is 6.48. The molecule has 4 aromatic rings. The molecule has 0 aromatic heterocycles. The summed E-state index contributed by atoms with van der Waals surface area (Å²) in [7, 11) is 3.01. The first-order valence-corrected chi connectivity index (χ1v) is 15.5. The Kier molecular flexibility index (Phi) is 11.9. The van der Waals surface area contributed by atoms with Crippen LogP contribution >= 0.6 is 35.0 Å². The third-order valence-corrected chi connectivity index (χ3v) is 8.39. The quantitative estimate of drug-likeness (QED) is 0.105. The number of carbonyl (C=O) groups is 3. The summed E-state index contributed by atoms with van der Waals surface area (Å²) < 4.78 is 10.9. The first kappa shape index (κ1) is 33.5. The fourth-order valence-corrected chi connectivity index (χ4v) is 5.73. The molecule has 3 amide bonds. The lowest BCUT2D eigenvalue weighted by Crippen LogP contribution is -2.30. The standard InChI is InChI=1S/C34H31Cl2N3O5S/c1-4-30(34(42)38-27-17-16-23(35)19-26(27)36)45-25-14-9-13-24(20-25)37-33(41)28(39-32(40)21-10-6-5-7-11-21)18-22-12-8-15-29(43-2)31(22)44-3/h5-20,30H,4H2,1-3H3,(H,37,41)(H,38,42)(H,39,40)/b28-18+. The van der Waals surface area contributed by atoms with Gasteiger partial charge in [0.15, 0.2) is 11.5 Å². The summed E-state index contributed by atoms with van der Waals surface area (Å²) in [6.07, 6.45) is 2.06. The number of thioether (sulfide) groups is 1. The van der Waals surface area contributed by atoms with Crippen molar-refractivity contribution in [3.8, 4) is 11.5 Å². The Balaban J connectivity index is 1.56. The molecular formula is C34H31Cl2N3O5S. The molecular weight excluding hydrogens is 633 g/mol. The van der Waals surface area contributed by atoms with Crippen LogP contribution in [0.15, 0.2) is 102 Å². The number of hydrogen-bond acceptors (Lipinski definition) is 6. The van der Waals surface area contributed by atoms with Crippen molar-refractivity contribution in [1.82, 2.24) is 5.32 Å². The minimum atomic E-state index is -0.562. The molecule has 0 fully saturated rings. The number of para-hydroxylation sites is 1. The van der Waals surface area contributed by atoms with Gasteiger partial charge in [-0.25, -0.2) is 0 Å². The number of ether oxygens (including phenoxy) is 2. The lowest BCUT2D eigenvalue weighted by Gasteiger charge is -2.17. The van der Waals surface area contributed by atoms with E-state index in [4.69, 9.17) is 32.7 Å². The summed E-state index contributed by atoms with van der Waals surface area (Å²) in [6, 6.07) is 25.8. The summed E-state index contributed by atoms with van der Waals surface area (Å²) in [4.78, 5) is 40.5. The number of amides is 3. The maximum absolute atomic E-state index is 13.6. The highest BCUT2D eigenvalue weighted by molar-refractivity contribution is 8.00. The Bertz CT molecular complexity index is 1720. The van der Waals surface area contributed by atoms with Crippen LogP contribution in [-0.2, 0) is 9.59 Å². The first-order valence-electron chi connectivity index (χ1n) is 13.9. The van der Waals surface area contributed by atoms with Crippen molar-refractivity contribution in [3.05, 3.63) is 118 Å². The van der Waals surface area contributed by atoms with Crippen molar-refractivity contribution in [2.45, 2.75) is 23.5 Å². The van der Waals surface area contributed by atoms with E-state index in [1.165, 1.54) is 32.1 Å². The summed E-state index contributed by atoms with van der Waals surface area (Å²) >= 11 is 13.6. The van der Waals surface area contributed by atoms with Gasteiger partial charge < -0.3 is 25.4 Å². The molecule has 8 nitrogen and oxygen atoms in total. The van der Waals surface area contributed by atoms with E-state index in [0.717, 1.165) is 4.90 Å². The molecule has 3 N–H and O–H groups in total. The molecule has 232 valence electrons. The van der Waals surface area contributed by atoms with Gasteiger partial charge in [0, 0.05) is 26.7 Å². The molecule has 11 heteroatoms. The number of anilines is 2. The molecule has 4 aromatic carbocycles. The minimum absolute atomic E-state index is 0.0147. The number of halogens is 2. The van der Waals surface area contributed by atoms with E-state index in [9.17, 15) is 14.4 Å². The molecule has 0 saturated heterocycles. The summed E-state index contributed by atoms with van der Waals surface area (Å²) in [5.41, 5.74) is 1.83. The number of hydrogen-bond donors (Lipinski definition) is 3. The van der Waals surface area contributed by atoms with Gasteiger partial charge in [0.25, 0.3) is 11.8 Å². The monoisotopic (exact) mass is 663 g/mol. The molecule has 0 bridgehead atoms. The maximum atomic E-state index is 13.6. The van der Waals surface area contributed by atoms with Crippen molar-refractivity contribution < 1.29 is 23.9 Å². The smallest absolute Gasteiger partial charge is 0.272 e. The molecule has 0 aliphatic carbocycles. The molecule has 0 saturated carbocycles. The van der Waals surface area contributed by atoms with Gasteiger partial charge in [0.2, 0.25) is 5.91 Å². The highest BCUT2D eigenvalue weighted by Gasteiger charge is 2.21. The average Bonchev–Trinajstić information content (AvgIpc) is 3.04. The Morgan fingerprint density at radius 2 is 1.62 bits per heavy atom. The third kappa shape index (κ3) is 9.04. The van der Waals surface area contributed by atoms with Gasteiger partial charge >= 0.3 is 0 Å².